The summed E-state index contributed by atoms with van der Waals surface area (Å²) in [5, 5.41) is 3.13. The smallest absolute Gasteiger partial charge is 0.410 e. The van der Waals surface area contributed by atoms with Crippen LogP contribution < -0.4 is 10.1 Å². The van der Waals surface area contributed by atoms with Crippen molar-refractivity contribution in [2.75, 3.05) is 33.2 Å². The molecular formula is C30H43N3O3. The van der Waals surface area contributed by atoms with Crippen molar-refractivity contribution in [3.05, 3.63) is 29.3 Å². The van der Waals surface area contributed by atoms with Gasteiger partial charge in [-0.15, -0.1) is 0 Å². The highest BCUT2D eigenvalue weighted by Gasteiger charge is 2.54. The monoisotopic (exact) mass is 493 g/mol. The van der Waals surface area contributed by atoms with Crippen molar-refractivity contribution in [3.8, 4) is 5.75 Å². The SMILES string of the molecule is CN1CCC(N2CCC(NC(=O)Oc3ccc4c(c3)CCC3C4CCC4(C)C(=O)CCC34)CC2)CC1. The molecule has 3 aliphatic carbocycles. The van der Waals surface area contributed by atoms with Crippen LogP contribution in [0.2, 0.25) is 0 Å². The molecule has 1 N–H and O–H groups in total. The summed E-state index contributed by atoms with van der Waals surface area (Å²) in [4.78, 5) is 30.3. The summed E-state index contributed by atoms with van der Waals surface area (Å²) in [5.41, 5.74) is 2.69. The van der Waals surface area contributed by atoms with Gasteiger partial charge in [0.25, 0.3) is 0 Å². The molecule has 1 amide bonds. The molecule has 4 unspecified atom stereocenters. The average molecular weight is 494 g/mol. The van der Waals surface area contributed by atoms with E-state index in [1.807, 2.05) is 6.07 Å². The number of nitrogens with zero attached hydrogens (tertiary/aromatic N) is 2. The first-order valence-electron chi connectivity index (χ1n) is 14.5. The molecule has 2 heterocycles. The maximum absolute atomic E-state index is 12.7. The Balaban J connectivity index is 1.02. The minimum atomic E-state index is -0.320. The molecule has 0 aromatic heterocycles. The Morgan fingerprint density at radius 1 is 1.00 bits per heavy atom. The van der Waals surface area contributed by atoms with E-state index in [2.05, 4.69) is 41.2 Å². The molecule has 6 rings (SSSR count). The third kappa shape index (κ3) is 4.49. The third-order valence-corrected chi connectivity index (χ3v) is 10.7. The van der Waals surface area contributed by atoms with Gasteiger partial charge in [0.1, 0.15) is 11.5 Å². The zero-order valence-corrected chi connectivity index (χ0v) is 22.1. The van der Waals surface area contributed by atoms with Crippen LogP contribution in [0.5, 0.6) is 5.75 Å². The minimum Gasteiger partial charge on any atom is -0.410 e. The van der Waals surface area contributed by atoms with Crippen LogP contribution in [0, 0.1) is 17.3 Å². The fraction of sp³-hybridized carbons (Fsp3) is 0.733. The highest BCUT2D eigenvalue weighted by Crippen LogP contribution is 2.59. The summed E-state index contributed by atoms with van der Waals surface area (Å²) in [6, 6.07) is 7.19. The lowest BCUT2D eigenvalue weighted by Gasteiger charge is -2.48. The van der Waals surface area contributed by atoms with E-state index in [0.29, 0.717) is 35.3 Å². The summed E-state index contributed by atoms with van der Waals surface area (Å²) in [6.07, 6.45) is 10.3. The Hall–Kier alpha value is -1.92. The maximum atomic E-state index is 12.7. The lowest BCUT2D eigenvalue weighted by atomic mass is 9.55. The largest absolute Gasteiger partial charge is 0.412 e. The Morgan fingerprint density at radius 2 is 1.78 bits per heavy atom. The van der Waals surface area contributed by atoms with Crippen molar-refractivity contribution in [1.29, 1.82) is 0 Å². The zero-order valence-electron chi connectivity index (χ0n) is 22.1. The quantitative estimate of drug-likeness (QED) is 0.658. The Bertz CT molecular complexity index is 995. The van der Waals surface area contributed by atoms with E-state index in [9.17, 15) is 9.59 Å². The molecule has 4 fully saturated rings. The molecule has 4 atom stereocenters. The standard InChI is InChI=1S/C30H43N3O3/c1-30-14-9-25-24-6-4-23(19-20(24)3-5-26(25)27(30)7-8-28(30)34)36-29(35)31-21-10-17-33(18-11-21)22-12-15-32(2)16-13-22/h4,6,19,21-22,25-27H,3,5,7-18H2,1-2H3,(H,31,35). The van der Waals surface area contributed by atoms with E-state index in [1.54, 1.807) is 0 Å². The summed E-state index contributed by atoms with van der Waals surface area (Å²) < 4.78 is 5.76. The minimum absolute atomic E-state index is 0.0803. The summed E-state index contributed by atoms with van der Waals surface area (Å²) in [6.45, 7) is 6.74. The molecule has 2 saturated carbocycles. The summed E-state index contributed by atoms with van der Waals surface area (Å²) >= 11 is 0. The number of amides is 1. The number of hydrogen-bond donors (Lipinski definition) is 1. The van der Waals surface area contributed by atoms with Crippen LogP contribution in [0.1, 0.15) is 81.8 Å². The molecule has 2 aliphatic heterocycles. The lowest BCUT2D eigenvalue weighted by Crippen LogP contribution is -2.51. The summed E-state index contributed by atoms with van der Waals surface area (Å²) in [7, 11) is 2.21. The van der Waals surface area contributed by atoms with Gasteiger partial charge in [-0.25, -0.2) is 4.79 Å². The molecule has 196 valence electrons. The second-order valence-corrected chi connectivity index (χ2v) is 12.6. The van der Waals surface area contributed by atoms with Gasteiger partial charge >= 0.3 is 6.09 Å². The number of ether oxygens (including phenoxy) is 1. The number of Topliss-reactive ketones (excluding diaryl/α,β-unsaturated/α-hetero) is 1. The lowest BCUT2D eigenvalue weighted by molar-refractivity contribution is -0.129. The number of piperidine rings is 2. The summed E-state index contributed by atoms with van der Waals surface area (Å²) in [5.74, 6) is 2.88. The van der Waals surface area contributed by atoms with Crippen LogP contribution in [-0.4, -0.2) is 67.0 Å². The second-order valence-electron chi connectivity index (χ2n) is 12.6. The number of ketones is 1. The highest BCUT2D eigenvalue weighted by atomic mass is 16.6. The number of aryl methyl sites for hydroxylation is 1. The molecule has 0 radical (unpaired) electrons. The van der Waals surface area contributed by atoms with E-state index in [-0.39, 0.29) is 17.6 Å². The molecule has 5 aliphatic rings. The first-order valence-corrected chi connectivity index (χ1v) is 14.5. The number of carbonyl (C=O) groups excluding carboxylic acids is 2. The van der Waals surface area contributed by atoms with Crippen LogP contribution in [-0.2, 0) is 11.2 Å². The fourth-order valence-electron chi connectivity index (χ4n) is 8.47. The van der Waals surface area contributed by atoms with Gasteiger partial charge in [0.05, 0.1) is 0 Å². The topological polar surface area (TPSA) is 61.9 Å². The van der Waals surface area contributed by atoms with Gasteiger partial charge in [-0.1, -0.05) is 13.0 Å². The molecule has 0 spiro atoms. The second kappa shape index (κ2) is 9.75. The Labute approximate surface area is 216 Å². The number of hydrogen-bond acceptors (Lipinski definition) is 5. The highest BCUT2D eigenvalue weighted by molar-refractivity contribution is 5.87. The predicted octanol–water partition coefficient (Wildman–Crippen LogP) is 4.76. The Kier molecular flexibility index (Phi) is 6.62. The number of benzene rings is 1. The van der Waals surface area contributed by atoms with Gasteiger partial charge in [-0.3, -0.25) is 4.79 Å². The van der Waals surface area contributed by atoms with Crippen molar-refractivity contribution in [1.82, 2.24) is 15.1 Å². The van der Waals surface area contributed by atoms with Crippen molar-refractivity contribution in [2.24, 2.45) is 17.3 Å². The van der Waals surface area contributed by atoms with Crippen LogP contribution in [0.4, 0.5) is 4.79 Å². The first kappa shape index (κ1) is 24.4. The van der Waals surface area contributed by atoms with Gasteiger partial charge in [0, 0.05) is 37.0 Å². The number of likely N-dealkylation sites (tertiary alicyclic amines) is 2. The van der Waals surface area contributed by atoms with E-state index < -0.39 is 0 Å². The van der Waals surface area contributed by atoms with Crippen LogP contribution in [0.15, 0.2) is 18.2 Å². The molecule has 6 nitrogen and oxygen atoms in total. The molecule has 1 aromatic carbocycles. The predicted molar refractivity (Wildman–Crippen MR) is 140 cm³/mol. The molecule has 6 heteroatoms. The van der Waals surface area contributed by atoms with E-state index in [0.717, 1.165) is 64.5 Å². The number of rotatable bonds is 3. The number of fused-ring (bicyclic) bond motifs is 5. The maximum Gasteiger partial charge on any atom is 0.412 e. The number of carbonyl (C=O) groups is 2. The molecule has 1 aromatic rings. The van der Waals surface area contributed by atoms with E-state index in [1.165, 1.54) is 37.1 Å². The van der Waals surface area contributed by atoms with Gasteiger partial charge in [0.15, 0.2) is 0 Å². The molecule has 36 heavy (non-hydrogen) atoms. The van der Waals surface area contributed by atoms with Crippen molar-refractivity contribution >= 4 is 11.9 Å². The van der Waals surface area contributed by atoms with E-state index >= 15 is 0 Å². The molecular weight excluding hydrogens is 450 g/mol. The van der Waals surface area contributed by atoms with Gasteiger partial charge in [-0.2, -0.15) is 0 Å². The van der Waals surface area contributed by atoms with Crippen LogP contribution in [0.25, 0.3) is 0 Å². The zero-order chi connectivity index (χ0) is 24.9. The van der Waals surface area contributed by atoms with Gasteiger partial charge in [-0.05, 0) is 119 Å². The average Bonchev–Trinajstić information content (AvgIpc) is 3.19. The third-order valence-electron chi connectivity index (χ3n) is 10.7. The molecule has 2 saturated heterocycles. The van der Waals surface area contributed by atoms with E-state index in [4.69, 9.17) is 4.74 Å². The van der Waals surface area contributed by atoms with Crippen molar-refractivity contribution in [3.63, 3.8) is 0 Å². The first-order chi connectivity index (χ1) is 17.4. The number of nitrogens with one attached hydrogen (secondary N) is 1. The van der Waals surface area contributed by atoms with Crippen molar-refractivity contribution in [2.45, 2.75) is 89.1 Å². The van der Waals surface area contributed by atoms with Crippen LogP contribution >= 0.6 is 0 Å². The van der Waals surface area contributed by atoms with Crippen LogP contribution in [0.3, 0.4) is 0 Å². The van der Waals surface area contributed by atoms with Gasteiger partial charge < -0.3 is 19.9 Å². The fourth-order valence-corrected chi connectivity index (χ4v) is 8.47. The molecule has 0 bridgehead atoms. The van der Waals surface area contributed by atoms with Gasteiger partial charge in [0.2, 0.25) is 0 Å². The van der Waals surface area contributed by atoms with Crippen molar-refractivity contribution < 1.29 is 14.3 Å². The Morgan fingerprint density at radius 3 is 2.56 bits per heavy atom. The normalized spacial score (nSPS) is 34.1.